The van der Waals surface area contributed by atoms with Crippen LogP contribution >= 0.6 is 12.2 Å². The van der Waals surface area contributed by atoms with E-state index in [1.807, 2.05) is 13.0 Å². The Labute approximate surface area is 123 Å². The second-order valence-electron chi connectivity index (χ2n) is 5.13. The second kappa shape index (κ2) is 6.58. The normalized spacial score (nSPS) is 23.8. The summed E-state index contributed by atoms with van der Waals surface area (Å²) in [5.41, 5.74) is 6.91. The lowest BCUT2D eigenvalue weighted by Gasteiger charge is -2.37. The van der Waals surface area contributed by atoms with Crippen LogP contribution in [0.15, 0.2) is 18.2 Å². The molecule has 20 heavy (non-hydrogen) atoms. The van der Waals surface area contributed by atoms with E-state index in [0.717, 1.165) is 5.56 Å². The zero-order valence-electron chi connectivity index (χ0n) is 11.4. The van der Waals surface area contributed by atoms with E-state index in [4.69, 9.17) is 22.7 Å². The van der Waals surface area contributed by atoms with E-state index in [0.29, 0.717) is 25.3 Å². The Morgan fingerprint density at radius 2 is 2.30 bits per heavy atom. The lowest BCUT2D eigenvalue weighted by molar-refractivity contribution is -0.0805. The van der Waals surface area contributed by atoms with Crippen LogP contribution in [0.25, 0.3) is 0 Å². The van der Waals surface area contributed by atoms with Crippen molar-refractivity contribution in [3.05, 3.63) is 35.1 Å². The molecular weight excluding hydrogens is 279 g/mol. The Morgan fingerprint density at radius 3 is 2.95 bits per heavy atom. The average molecular weight is 298 g/mol. The molecule has 2 rings (SSSR count). The highest BCUT2D eigenvalue weighted by Crippen LogP contribution is 2.17. The molecule has 0 spiro atoms. The van der Waals surface area contributed by atoms with E-state index in [1.54, 1.807) is 0 Å². The van der Waals surface area contributed by atoms with Crippen LogP contribution in [0, 0.1) is 5.82 Å². The molecule has 2 atom stereocenters. The van der Waals surface area contributed by atoms with Crippen LogP contribution in [-0.4, -0.2) is 46.9 Å². The van der Waals surface area contributed by atoms with Gasteiger partial charge in [0.15, 0.2) is 0 Å². The highest BCUT2D eigenvalue weighted by atomic mass is 32.1. The minimum absolute atomic E-state index is 0.00942. The van der Waals surface area contributed by atoms with E-state index in [9.17, 15) is 9.50 Å². The van der Waals surface area contributed by atoms with Crippen molar-refractivity contribution in [1.82, 2.24) is 4.90 Å². The number of thiocarbonyl (C=S) groups is 1. The molecule has 1 fully saturated rings. The van der Waals surface area contributed by atoms with Crippen molar-refractivity contribution < 1.29 is 14.2 Å². The minimum atomic E-state index is -0.343. The number of benzene rings is 1. The Hall–Kier alpha value is -1.08. The van der Waals surface area contributed by atoms with Crippen LogP contribution in [0.2, 0.25) is 0 Å². The van der Waals surface area contributed by atoms with Gasteiger partial charge in [-0.25, -0.2) is 4.39 Å². The fraction of sp³-hybridized carbons (Fsp3) is 0.500. The molecule has 2 unspecified atom stereocenters. The molecule has 3 N–H and O–H groups in total. The Balaban J connectivity index is 2.14. The van der Waals surface area contributed by atoms with Gasteiger partial charge in [0, 0.05) is 24.7 Å². The molecule has 1 aromatic rings. The Kier molecular flexibility index (Phi) is 5.04. The molecule has 0 aromatic heterocycles. The first-order chi connectivity index (χ1) is 9.49. The summed E-state index contributed by atoms with van der Waals surface area (Å²) < 4.78 is 19.1. The summed E-state index contributed by atoms with van der Waals surface area (Å²) in [5.74, 6) is -0.343. The molecule has 0 bridgehead atoms. The van der Waals surface area contributed by atoms with E-state index in [2.05, 4.69) is 4.90 Å². The van der Waals surface area contributed by atoms with Gasteiger partial charge in [-0.15, -0.1) is 0 Å². The monoisotopic (exact) mass is 298 g/mol. The predicted molar refractivity (Wildman–Crippen MR) is 79.0 cm³/mol. The number of morpholine rings is 1. The van der Waals surface area contributed by atoms with E-state index in [1.165, 1.54) is 12.1 Å². The molecule has 1 heterocycles. The van der Waals surface area contributed by atoms with Gasteiger partial charge in [-0.2, -0.15) is 0 Å². The third-order valence-corrected chi connectivity index (χ3v) is 3.70. The summed E-state index contributed by atoms with van der Waals surface area (Å²) in [6.45, 7) is 3.79. The number of aliphatic hydroxyl groups is 1. The smallest absolute Gasteiger partial charge is 0.124 e. The first-order valence-corrected chi connectivity index (χ1v) is 6.96. The molecule has 6 heteroatoms. The number of aliphatic hydroxyl groups excluding tert-OH is 1. The summed E-state index contributed by atoms with van der Waals surface area (Å²) in [6.07, 6.45) is -0.185. The zero-order chi connectivity index (χ0) is 14.7. The standard InChI is InChI=1S/C14H19FN2O2S/c1-9-8-19-13(7-18)6-17(9)5-10-2-11(14(16)20)4-12(15)3-10/h2-4,9,13,18H,5-8H2,1H3,(H2,16,20). The van der Waals surface area contributed by atoms with Gasteiger partial charge in [-0.3, -0.25) is 4.90 Å². The maximum atomic E-state index is 13.6. The third-order valence-electron chi connectivity index (χ3n) is 3.47. The van der Waals surface area contributed by atoms with Crippen molar-refractivity contribution in [2.45, 2.75) is 25.6 Å². The molecular formula is C14H19FN2O2S. The zero-order valence-corrected chi connectivity index (χ0v) is 12.2. The quantitative estimate of drug-likeness (QED) is 0.814. The van der Waals surface area contributed by atoms with Gasteiger partial charge >= 0.3 is 0 Å². The van der Waals surface area contributed by atoms with Crippen LogP contribution < -0.4 is 5.73 Å². The van der Waals surface area contributed by atoms with Crippen molar-refractivity contribution >= 4 is 17.2 Å². The van der Waals surface area contributed by atoms with Crippen molar-refractivity contribution in [2.75, 3.05) is 19.8 Å². The van der Waals surface area contributed by atoms with Crippen LogP contribution in [0.3, 0.4) is 0 Å². The first kappa shape index (κ1) is 15.3. The molecule has 1 aromatic carbocycles. The molecule has 1 saturated heterocycles. The van der Waals surface area contributed by atoms with Crippen LogP contribution in [0.1, 0.15) is 18.1 Å². The number of hydrogen-bond acceptors (Lipinski definition) is 4. The number of halogens is 1. The topological polar surface area (TPSA) is 58.7 Å². The third kappa shape index (κ3) is 3.73. The van der Waals surface area contributed by atoms with Crippen molar-refractivity contribution in [3.63, 3.8) is 0 Å². The van der Waals surface area contributed by atoms with Crippen molar-refractivity contribution in [1.29, 1.82) is 0 Å². The van der Waals surface area contributed by atoms with Crippen LogP contribution in [0.5, 0.6) is 0 Å². The average Bonchev–Trinajstić information content (AvgIpc) is 2.40. The largest absolute Gasteiger partial charge is 0.394 e. The fourth-order valence-electron chi connectivity index (χ4n) is 2.32. The summed E-state index contributed by atoms with van der Waals surface area (Å²) in [6, 6.07) is 4.85. The van der Waals surface area contributed by atoms with Gasteiger partial charge in [0.2, 0.25) is 0 Å². The fourth-order valence-corrected chi connectivity index (χ4v) is 2.44. The van der Waals surface area contributed by atoms with Crippen molar-refractivity contribution in [2.24, 2.45) is 5.73 Å². The highest BCUT2D eigenvalue weighted by molar-refractivity contribution is 7.80. The lowest BCUT2D eigenvalue weighted by Crippen LogP contribution is -2.48. The summed E-state index contributed by atoms with van der Waals surface area (Å²) in [7, 11) is 0. The lowest BCUT2D eigenvalue weighted by atomic mass is 10.1. The van der Waals surface area contributed by atoms with E-state index in [-0.39, 0.29) is 29.6 Å². The molecule has 0 saturated carbocycles. The Bertz CT molecular complexity index is 498. The molecule has 1 aliphatic heterocycles. The van der Waals surface area contributed by atoms with Crippen molar-refractivity contribution in [3.8, 4) is 0 Å². The second-order valence-corrected chi connectivity index (χ2v) is 5.57. The molecule has 4 nitrogen and oxygen atoms in total. The molecule has 0 radical (unpaired) electrons. The Morgan fingerprint density at radius 1 is 1.55 bits per heavy atom. The number of ether oxygens (including phenoxy) is 1. The SMILES string of the molecule is CC1COC(CO)CN1Cc1cc(F)cc(C(N)=S)c1. The summed E-state index contributed by atoms with van der Waals surface area (Å²) in [5, 5.41) is 9.18. The maximum absolute atomic E-state index is 13.6. The summed E-state index contributed by atoms with van der Waals surface area (Å²) >= 11 is 4.89. The number of hydrogen-bond donors (Lipinski definition) is 2. The minimum Gasteiger partial charge on any atom is -0.394 e. The molecule has 110 valence electrons. The number of nitrogens with two attached hydrogens (primary N) is 1. The molecule has 0 aliphatic carbocycles. The van der Waals surface area contributed by atoms with Gasteiger partial charge in [0.05, 0.1) is 19.3 Å². The summed E-state index contributed by atoms with van der Waals surface area (Å²) in [4.78, 5) is 2.34. The van der Waals surface area contributed by atoms with Crippen LogP contribution in [-0.2, 0) is 11.3 Å². The van der Waals surface area contributed by atoms with Crippen LogP contribution in [0.4, 0.5) is 4.39 Å². The molecule has 0 amide bonds. The van der Waals surface area contributed by atoms with Gasteiger partial charge in [0.1, 0.15) is 10.8 Å². The number of rotatable bonds is 4. The number of nitrogens with zero attached hydrogens (tertiary/aromatic N) is 1. The predicted octanol–water partition coefficient (Wildman–Crippen LogP) is 1.04. The van der Waals surface area contributed by atoms with E-state index >= 15 is 0 Å². The maximum Gasteiger partial charge on any atom is 0.124 e. The van der Waals surface area contributed by atoms with Gasteiger partial charge in [-0.1, -0.05) is 12.2 Å². The molecule has 1 aliphatic rings. The van der Waals surface area contributed by atoms with Gasteiger partial charge < -0.3 is 15.6 Å². The van der Waals surface area contributed by atoms with Gasteiger partial charge in [0.25, 0.3) is 0 Å². The van der Waals surface area contributed by atoms with Gasteiger partial charge in [-0.05, 0) is 30.7 Å². The highest BCUT2D eigenvalue weighted by Gasteiger charge is 2.25. The first-order valence-electron chi connectivity index (χ1n) is 6.55. The van der Waals surface area contributed by atoms with E-state index < -0.39 is 0 Å².